The molecule has 7 heteroatoms. The lowest BCUT2D eigenvalue weighted by Crippen LogP contribution is -2.04. The van der Waals surface area contributed by atoms with Gasteiger partial charge in [0.1, 0.15) is 0 Å². The van der Waals surface area contributed by atoms with Crippen LogP contribution in [0.3, 0.4) is 0 Å². The minimum Gasteiger partial charge on any atom is -0.348 e. The van der Waals surface area contributed by atoms with E-state index in [1.54, 1.807) is 23.1 Å². The molecule has 14 heavy (non-hydrogen) atoms. The molecular weight excluding hydrogens is 266 g/mol. The summed E-state index contributed by atoms with van der Waals surface area (Å²) >= 11 is 5.10. The molecule has 0 radical (unpaired) electrons. The zero-order valence-corrected chi connectivity index (χ0v) is 9.84. The number of nitrogens with one attached hydrogen (secondary N) is 1. The van der Waals surface area contributed by atoms with Crippen LogP contribution >= 0.6 is 27.3 Å². The molecular formula is C7H8BrN5S. The SMILES string of the molecule is Cn1nnnc1NCc1ccc(Br)s1. The van der Waals surface area contributed by atoms with Gasteiger partial charge in [-0.05, 0) is 38.5 Å². The standard InChI is InChI=1S/C7H8BrN5S/c1-13-7(10-11-12-13)9-4-5-2-3-6(8)14-5/h2-3H,4H2,1H3,(H,9,10,12). The lowest BCUT2D eigenvalue weighted by Gasteiger charge is -2.00. The highest BCUT2D eigenvalue weighted by atomic mass is 79.9. The second kappa shape index (κ2) is 4.05. The van der Waals surface area contributed by atoms with E-state index in [1.165, 1.54) is 4.88 Å². The lowest BCUT2D eigenvalue weighted by atomic mass is 10.5. The molecule has 0 bridgehead atoms. The molecule has 0 atom stereocenters. The van der Waals surface area contributed by atoms with E-state index in [4.69, 9.17) is 0 Å². The van der Waals surface area contributed by atoms with Crippen LogP contribution in [0.1, 0.15) is 4.88 Å². The monoisotopic (exact) mass is 273 g/mol. The first-order valence-corrected chi connectivity index (χ1v) is 5.57. The van der Waals surface area contributed by atoms with Gasteiger partial charge in [-0.1, -0.05) is 5.10 Å². The van der Waals surface area contributed by atoms with Crippen LogP contribution in [0, 0.1) is 0 Å². The average molecular weight is 274 g/mol. The van der Waals surface area contributed by atoms with Crippen molar-refractivity contribution in [1.29, 1.82) is 0 Å². The highest BCUT2D eigenvalue weighted by molar-refractivity contribution is 9.11. The average Bonchev–Trinajstić information content (AvgIpc) is 2.72. The van der Waals surface area contributed by atoms with Crippen molar-refractivity contribution >= 4 is 33.2 Å². The number of halogens is 1. The number of rotatable bonds is 3. The first kappa shape index (κ1) is 9.60. The van der Waals surface area contributed by atoms with Crippen molar-refractivity contribution in [3.05, 3.63) is 20.8 Å². The summed E-state index contributed by atoms with van der Waals surface area (Å²) in [7, 11) is 1.80. The summed E-state index contributed by atoms with van der Waals surface area (Å²) in [5, 5.41) is 14.2. The number of aryl methyl sites for hydroxylation is 1. The van der Waals surface area contributed by atoms with Gasteiger partial charge >= 0.3 is 0 Å². The van der Waals surface area contributed by atoms with Crippen LogP contribution in [0.15, 0.2) is 15.9 Å². The highest BCUT2D eigenvalue weighted by Gasteiger charge is 2.02. The molecule has 0 saturated heterocycles. The van der Waals surface area contributed by atoms with E-state index in [9.17, 15) is 0 Å². The normalized spacial score (nSPS) is 10.4. The third-order valence-corrected chi connectivity index (χ3v) is 3.29. The number of thiophene rings is 1. The third kappa shape index (κ3) is 2.10. The van der Waals surface area contributed by atoms with Gasteiger partial charge in [-0.2, -0.15) is 0 Å². The van der Waals surface area contributed by atoms with Crippen molar-refractivity contribution in [3.63, 3.8) is 0 Å². The van der Waals surface area contributed by atoms with Crippen molar-refractivity contribution in [2.24, 2.45) is 7.05 Å². The summed E-state index contributed by atoms with van der Waals surface area (Å²) < 4.78 is 2.73. The number of anilines is 1. The molecule has 0 unspecified atom stereocenters. The zero-order chi connectivity index (χ0) is 9.97. The van der Waals surface area contributed by atoms with E-state index >= 15 is 0 Å². The molecule has 0 fully saturated rings. The zero-order valence-electron chi connectivity index (χ0n) is 7.44. The van der Waals surface area contributed by atoms with Crippen molar-refractivity contribution in [2.45, 2.75) is 6.54 Å². The number of hydrogen-bond acceptors (Lipinski definition) is 5. The first-order valence-electron chi connectivity index (χ1n) is 3.96. The second-order valence-electron chi connectivity index (χ2n) is 2.69. The van der Waals surface area contributed by atoms with Crippen molar-refractivity contribution in [2.75, 3.05) is 5.32 Å². The van der Waals surface area contributed by atoms with Gasteiger partial charge in [0.25, 0.3) is 0 Å². The van der Waals surface area contributed by atoms with E-state index < -0.39 is 0 Å². The number of hydrogen-bond donors (Lipinski definition) is 1. The minimum absolute atomic E-state index is 0.675. The Kier molecular flexibility index (Phi) is 2.78. The summed E-state index contributed by atoms with van der Waals surface area (Å²) in [5.41, 5.74) is 0. The highest BCUT2D eigenvalue weighted by Crippen LogP contribution is 2.22. The Morgan fingerprint density at radius 3 is 3.00 bits per heavy atom. The lowest BCUT2D eigenvalue weighted by molar-refractivity contribution is 0.712. The summed E-state index contributed by atoms with van der Waals surface area (Å²) in [6, 6.07) is 4.09. The molecule has 1 N–H and O–H groups in total. The molecule has 0 aliphatic heterocycles. The van der Waals surface area contributed by atoms with Gasteiger partial charge in [-0.3, -0.25) is 0 Å². The Balaban J connectivity index is 1.98. The van der Waals surface area contributed by atoms with Crippen molar-refractivity contribution in [1.82, 2.24) is 20.2 Å². The summed E-state index contributed by atoms with van der Waals surface area (Å²) in [4.78, 5) is 1.24. The minimum atomic E-state index is 0.675. The molecule has 0 aromatic carbocycles. The molecule has 0 aliphatic rings. The van der Waals surface area contributed by atoms with Crippen LogP contribution < -0.4 is 5.32 Å². The fourth-order valence-corrected chi connectivity index (χ4v) is 2.42. The van der Waals surface area contributed by atoms with Gasteiger partial charge < -0.3 is 5.32 Å². The van der Waals surface area contributed by atoms with E-state index in [1.807, 2.05) is 6.07 Å². The van der Waals surface area contributed by atoms with Crippen LogP contribution in [0.25, 0.3) is 0 Å². The molecule has 0 aliphatic carbocycles. The third-order valence-electron chi connectivity index (χ3n) is 1.67. The molecule has 0 saturated carbocycles. The van der Waals surface area contributed by atoms with Crippen molar-refractivity contribution < 1.29 is 0 Å². The summed E-state index contributed by atoms with van der Waals surface area (Å²) in [6.07, 6.45) is 0. The van der Waals surface area contributed by atoms with Gasteiger partial charge in [-0.15, -0.1) is 11.3 Å². The van der Waals surface area contributed by atoms with Gasteiger partial charge in [0.2, 0.25) is 5.95 Å². The molecule has 2 rings (SSSR count). The molecule has 0 spiro atoms. The Labute approximate surface area is 93.3 Å². The number of nitrogens with zero attached hydrogens (tertiary/aromatic N) is 4. The van der Waals surface area contributed by atoms with E-state index in [-0.39, 0.29) is 0 Å². The maximum absolute atomic E-state index is 3.82. The quantitative estimate of drug-likeness (QED) is 0.924. The molecule has 2 aromatic rings. The smallest absolute Gasteiger partial charge is 0.242 e. The Morgan fingerprint density at radius 2 is 2.43 bits per heavy atom. The van der Waals surface area contributed by atoms with Crippen LogP contribution in [0.2, 0.25) is 0 Å². The fourth-order valence-electron chi connectivity index (χ4n) is 0.992. The molecule has 5 nitrogen and oxygen atoms in total. The Morgan fingerprint density at radius 1 is 1.57 bits per heavy atom. The van der Waals surface area contributed by atoms with Gasteiger partial charge in [0.05, 0.1) is 10.3 Å². The van der Waals surface area contributed by atoms with E-state index in [0.717, 1.165) is 10.3 Å². The Bertz CT molecular complexity index is 423. The first-order chi connectivity index (χ1) is 6.75. The summed E-state index contributed by atoms with van der Waals surface area (Å²) in [6.45, 7) is 0.741. The maximum atomic E-state index is 3.82. The van der Waals surface area contributed by atoms with E-state index in [2.05, 4.69) is 42.8 Å². The van der Waals surface area contributed by atoms with Crippen LogP contribution in [-0.2, 0) is 13.6 Å². The number of tetrazole rings is 1. The topological polar surface area (TPSA) is 55.6 Å². The molecule has 0 amide bonds. The second-order valence-corrected chi connectivity index (χ2v) is 5.23. The van der Waals surface area contributed by atoms with Crippen LogP contribution in [0.4, 0.5) is 5.95 Å². The van der Waals surface area contributed by atoms with Gasteiger partial charge in [-0.25, -0.2) is 4.68 Å². The van der Waals surface area contributed by atoms with Gasteiger partial charge in [0.15, 0.2) is 0 Å². The fraction of sp³-hybridized carbons (Fsp3) is 0.286. The largest absolute Gasteiger partial charge is 0.348 e. The summed E-state index contributed by atoms with van der Waals surface area (Å²) in [5.74, 6) is 0.675. The predicted molar refractivity (Wildman–Crippen MR) is 58.1 cm³/mol. The van der Waals surface area contributed by atoms with Crippen molar-refractivity contribution in [3.8, 4) is 0 Å². The Hall–Kier alpha value is -0.950. The van der Waals surface area contributed by atoms with E-state index in [0.29, 0.717) is 5.95 Å². The van der Waals surface area contributed by atoms with Crippen LogP contribution in [-0.4, -0.2) is 20.2 Å². The van der Waals surface area contributed by atoms with Gasteiger partial charge in [0, 0.05) is 11.9 Å². The maximum Gasteiger partial charge on any atom is 0.242 e. The predicted octanol–water partition coefficient (Wildman–Crippen LogP) is 1.65. The number of aromatic nitrogens is 4. The van der Waals surface area contributed by atoms with Crippen LogP contribution in [0.5, 0.6) is 0 Å². The molecule has 74 valence electrons. The molecule has 2 heterocycles. The molecule has 2 aromatic heterocycles.